The summed E-state index contributed by atoms with van der Waals surface area (Å²) in [6.45, 7) is 16.0. The predicted octanol–water partition coefficient (Wildman–Crippen LogP) is 6.43. The van der Waals surface area contributed by atoms with Gasteiger partial charge in [-0.1, -0.05) is 99.2 Å². The average Bonchev–Trinajstić information content (AvgIpc) is 2.41. The summed E-state index contributed by atoms with van der Waals surface area (Å²) in [6.07, 6.45) is 0. The third-order valence-corrected chi connectivity index (χ3v) is 0.667. The second-order valence-electron chi connectivity index (χ2n) is 1.15. The lowest BCUT2D eigenvalue weighted by atomic mass is 10.4. The van der Waals surface area contributed by atoms with E-state index in [1.807, 2.05) is 91.8 Å². The van der Waals surface area contributed by atoms with Crippen molar-refractivity contribution in [3.63, 3.8) is 0 Å². The van der Waals surface area contributed by atoms with Gasteiger partial charge in [-0.25, -0.2) is 0 Å². The summed E-state index contributed by atoms with van der Waals surface area (Å²) in [5, 5.41) is 0. The van der Waals surface area contributed by atoms with Gasteiger partial charge in [-0.15, -0.1) is 0 Å². The first kappa shape index (κ1) is 29.2. The van der Waals surface area contributed by atoms with E-state index in [1.165, 1.54) is 0 Å². The minimum absolute atomic E-state index is 0. The Kier molecular flexibility index (Phi) is 141. The van der Waals surface area contributed by atoms with Crippen molar-refractivity contribution in [2.24, 2.45) is 0 Å². The molecule has 0 fully saturated rings. The lowest BCUT2D eigenvalue weighted by Crippen LogP contribution is -1.47. The van der Waals surface area contributed by atoms with Crippen LogP contribution in [0.2, 0.25) is 0 Å². The van der Waals surface area contributed by atoms with Crippen molar-refractivity contribution in [1.29, 1.82) is 0 Å². The maximum absolute atomic E-state index is 2.00. The van der Waals surface area contributed by atoms with Crippen molar-refractivity contribution < 1.29 is 0 Å². The van der Waals surface area contributed by atoms with Crippen LogP contribution in [0.1, 0.15) is 62.8 Å². The Bertz CT molecular complexity index is 72.0. The fraction of sp³-hybridized carbons (Fsp3) is 0.600. The maximum Gasteiger partial charge on any atom is -0.0623 e. The highest BCUT2D eigenvalue weighted by atomic mass is 13.6. The van der Waals surface area contributed by atoms with Gasteiger partial charge in [0.2, 0.25) is 0 Å². The first-order chi connectivity index (χ1) is 7.00. The van der Waals surface area contributed by atoms with E-state index in [0.29, 0.717) is 0 Å². The van der Waals surface area contributed by atoms with E-state index in [0.717, 1.165) is 0 Å². The minimum Gasteiger partial charge on any atom is -0.0776 e. The van der Waals surface area contributed by atoms with Gasteiger partial charge in [0.05, 0.1) is 0 Å². The van der Waals surface area contributed by atoms with Crippen LogP contribution in [0.15, 0.2) is 36.4 Å². The molecule has 0 nitrogen and oxygen atoms in total. The van der Waals surface area contributed by atoms with Crippen LogP contribution in [-0.2, 0) is 0 Å². The largest absolute Gasteiger partial charge is 0.0776 e. The molecule has 1 rings (SSSR count). The molecule has 0 N–H and O–H groups in total. The normalized spacial score (nSPS) is 4.80. The fourth-order valence-electron chi connectivity index (χ4n) is 0.385. The van der Waals surface area contributed by atoms with Crippen molar-refractivity contribution >= 4 is 0 Å². The Hall–Kier alpha value is -0.780. The summed E-state index contributed by atoms with van der Waals surface area (Å²) in [5.74, 6) is 0. The second-order valence-corrected chi connectivity index (χ2v) is 1.15. The molecular formula is C15H34. The molecule has 0 amide bonds. The Morgan fingerprint density at radius 1 is 0.333 bits per heavy atom. The van der Waals surface area contributed by atoms with Gasteiger partial charge in [0.15, 0.2) is 0 Å². The van der Waals surface area contributed by atoms with E-state index in [-0.39, 0.29) is 7.43 Å². The molecule has 0 unspecified atom stereocenters. The Balaban J connectivity index is -0.0000000325. The van der Waals surface area contributed by atoms with E-state index < -0.39 is 0 Å². The van der Waals surface area contributed by atoms with Crippen LogP contribution in [0.5, 0.6) is 0 Å². The van der Waals surface area contributed by atoms with Crippen LogP contribution in [0.3, 0.4) is 0 Å². The molecule has 0 aromatic heterocycles. The highest BCUT2D eigenvalue weighted by Gasteiger charge is 1.57. The van der Waals surface area contributed by atoms with Gasteiger partial charge in [0.25, 0.3) is 0 Å². The Labute approximate surface area is 99.7 Å². The summed E-state index contributed by atoms with van der Waals surface area (Å²) < 4.78 is 0. The molecule has 0 aliphatic carbocycles. The molecule has 0 atom stereocenters. The molecule has 0 spiro atoms. The van der Waals surface area contributed by atoms with Crippen LogP contribution in [0.25, 0.3) is 0 Å². The van der Waals surface area contributed by atoms with E-state index in [9.17, 15) is 0 Å². The van der Waals surface area contributed by atoms with Crippen molar-refractivity contribution in [2.45, 2.75) is 62.8 Å². The highest BCUT2D eigenvalue weighted by molar-refractivity contribution is 4.99. The van der Waals surface area contributed by atoms with E-state index >= 15 is 0 Å². The quantitative estimate of drug-likeness (QED) is 0.467. The molecule has 0 radical (unpaired) electrons. The molecule has 94 valence electrons. The molecule has 0 bridgehead atoms. The second kappa shape index (κ2) is 72.4. The third-order valence-electron chi connectivity index (χ3n) is 0.667. The van der Waals surface area contributed by atoms with Crippen LogP contribution in [-0.4, -0.2) is 0 Å². The molecule has 0 saturated carbocycles. The monoisotopic (exact) mass is 214 g/mol. The zero-order valence-corrected chi connectivity index (χ0v) is 11.5. The van der Waals surface area contributed by atoms with Crippen molar-refractivity contribution in [2.75, 3.05) is 0 Å². The molecule has 0 saturated heterocycles. The maximum atomic E-state index is 2.00. The van der Waals surface area contributed by atoms with Crippen molar-refractivity contribution in [3.8, 4) is 0 Å². The van der Waals surface area contributed by atoms with Gasteiger partial charge < -0.3 is 0 Å². The highest BCUT2D eigenvalue weighted by Crippen LogP contribution is 1.79. The molecular weight excluding hydrogens is 180 g/mol. The molecule has 1 aromatic carbocycles. The SMILES string of the molecule is C.CC.CC.CC.CC.c1ccccc1. The third kappa shape index (κ3) is 61.1. The standard InChI is InChI=1S/C6H6.4C2H6.CH4/c1-2-4-6-5-3-1;4*1-2;/h1-6H;4*1-2H3;1H4. The van der Waals surface area contributed by atoms with Gasteiger partial charge in [-0.05, 0) is 0 Å². The fourth-order valence-corrected chi connectivity index (χ4v) is 0.385. The Morgan fingerprint density at radius 3 is 0.467 bits per heavy atom. The number of hydrogen-bond donors (Lipinski definition) is 0. The smallest absolute Gasteiger partial charge is 0.0623 e. The molecule has 0 heterocycles. The molecule has 0 aliphatic heterocycles. The van der Waals surface area contributed by atoms with Gasteiger partial charge in [-0.2, -0.15) is 0 Å². The number of hydrogen-bond acceptors (Lipinski definition) is 0. The minimum atomic E-state index is 0. The van der Waals surface area contributed by atoms with Gasteiger partial charge in [-0.3, -0.25) is 0 Å². The molecule has 0 aliphatic rings. The summed E-state index contributed by atoms with van der Waals surface area (Å²) in [4.78, 5) is 0. The van der Waals surface area contributed by atoms with Crippen LogP contribution >= 0.6 is 0 Å². The van der Waals surface area contributed by atoms with Crippen LogP contribution < -0.4 is 0 Å². The number of benzene rings is 1. The summed E-state index contributed by atoms with van der Waals surface area (Å²) in [6, 6.07) is 12.0. The van der Waals surface area contributed by atoms with Crippen molar-refractivity contribution in [3.05, 3.63) is 36.4 Å². The Morgan fingerprint density at radius 2 is 0.400 bits per heavy atom. The summed E-state index contributed by atoms with van der Waals surface area (Å²) >= 11 is 0. The summed E-state index contributed by atoms with van der Waals surface area (Å²) in [5.41, 5.74) is 0. The lowest BCUT2D eigenvalue weighted by molar-refractivity contribution is 1.50. The topological polar surface area (TPSA) is 0 Å². The van der Waals surface area contributed by atoms with E-state index in [4.69, 9.17) is 0 Å². The van der Waals surface area contributed by atoms with Gasteiger partial charge in [0.1, 0.15) is 0 Å². The van der Waals surface area contributed by atoms with E-state index in [2.05, 4.69) is 0 Å². The predicted molar refractivity (Wildman–Crippen MR) is 78.6 cm³/mol. The lowest BCUT2D eigenvalue weighted by Gasteiger charge is -1.69. The number of rotatable bonds is 0. The average molecular weight is 214 g/mol. The molecule has 15 heavy (non-hydrogen) atoms. The zero-order chi connectivity index (χ0) is 12.2. The summed E-state index contributed by atoms with van der Waals surface area (Å²) in [7, 11) is 0. The molecule has 1 aromatic rings. The zero-order valence-electron chi connectivity index (χ0n) is 11.5. The van der Waals surface area contributed by atoms with Crippen LogP contribution in [0.4, 0.5) is 0 Å². The first-order valence-corrected chi connectivity index (χ1v) is 6.00. The van der Waals surface area contributed by atoms with Gasteiger partial charge in [0, 0.05) is 0 Å². The van der Waals surface area contributed by atoms with E-state index in [1.54, 1.807) is 0 Å². The first-order valence-electron chi connectivity index (χ1n) is 6.00. The van der Waals surface area contributed by atoms with Gasteiger partial charge >= 0.3 is 0 Å². The molecule has 0 heteroatoms. The van der Waals surface area contributed by atoms with Crippen molar-refractivity contribution in [1.82, 2.24) is 0 Å². The van der Waals surface area contributed by atoms with Crippen LogP contribution in [0, 0.1) is 0 Å².